The number of imide groups is 2. The minimum absolute atomic E-state index is 0.00347. The fourth-order valence-electron chi connectivity index (χ4n) is 7.43. The van der Waals surface area contributed by atoms with Crippen LogP contribution in [0.5, 0.6) is 0 Å². The minimum atomic E-state index is -1.16. The molecule has 4 aliphatic heterocycles. The van der Waals surface area contributed by atoms with E-state index in [0.29, 0.717) is 60.2 Å². The zero-order valence-corrected chi connectivity index (χ0v) is 28.7. The summed E-state index contributed by atoms with van der Waals surface area (Å²) in [5.74, 6) is -2.83. The Bertz CT molecular complexity index is 2100. The molecule has 4 amide bonds. The number of H-pyrrole nitrogens is 1. The molecule has 3 fully saturated rings. The van der Waals surface area contributed by atoms with Crippen molar-refractivity contribution in [1.82, 2.24) is 35.3 Å². The predicted octanol–water partition coefficient (Wildman–Crippen LogP) is 2.85. The highest BCUT2D eigenvalue weighted by Crippen LogP contribution is 2.38. The number of aromatic nitrogens is 4. The summed E-state index contributed by atoms with van der Waals surface area (Å²) in [6.45, 7) is 6.60. The highest BCUT2D eigenvalue weighted by Gasteiger charge is 2.46. The van der Waals surface area contributed by atoms with Crippen molar-refractivity contribution in [3.63, 3.8) is 0 Å². The quantitative estimate of drug-likeness (QED) is 0.251. The first-order chi connectivity index (χ1) is 24.5. The molecule has 1 unspecified atom stereocenters. The molecule has 4 aliphatic rings. The Kier molecular flexibility index (Phi) is 8.23. The van der Waals surface area contributed by atoms with Crippen LogP contribution in [-0.2, 0) is 16.1 Å². The first-order valence-corrected chi connectivity index (χ1v) is 17.4. The second kappa shape index (κ2) is 12.7. The number of rotatable bonds is 6. The largest absolute Gasteiger partial charge is 0.368 e. The summed E-state index contributed by atoms with van der Waals surface area (Å²) in [6, 6.07) is 7.46. The van der Waals surface area contributed by atoms with Crippen LogP contribution < -0.4 is 20.9 Å². The second-order valence-corrected chi connectivity index (χ2v) is 14.4. The van der Waals surface area contributed by atoms with Gasteiger partial charge in [0.25, 0.3) is 11.8 Å². The Labute approximate surface area is 297 Å². The van der Waals surface area contributed by atoms with Crippen molar-refractivity contribution in [2.45, 2.75) is 50.7 Å². The fraction of sp³-hybridized carbons (Fsp3) is 0.400. The third kappa shape index (κ3) is 5.98. The Hall–Kier alpha value is -4.99. The van der Waals surface area contributed by atoms with Gasteiger partial charge in [-0.2, -0.15) is 5.10 Å². The van der Waals surface area contributed by atoms with Gasteiger partial charge in [-0.15, -0.1) is 0 Å². The van der Waals surface area contributed by atoms with E-state index in [4.69, 9.17) is 27.3 Å². The first-order valence-electron chi connectivity index (χ1n) is 17.0. The number of hydrogen-bond donors (Lipinski definition) is 3. The number of aromatic amines is 1. The SMILES string of the molecule is CC1(N)CCN(c2cnc3c(-c4cccc(N5CCN(Cc6cc(F)c7c(c6)C(=O)N(C6CCC(=O)NC6=O)C7=O)CC5)c4Cl)n[nH]c3n2)CC1. The maximum atomic E-state index is 15.3. The molecule has 4 aromatic rings. The van der Waals surface area contributed by atoms with E-state index in [0.717, 1.165) is 47.9 Å². The summed E-state index contributed by atoms with van der Waals surface area (Å²) < 4.78 is 15.3. The normalized spacial score (nSPS) is 21.1. The van der Waals surface area contributed by atoms with Gasteiger partial charge in [0, 0.05) is 63.3 Å². The lowest BCUT2D eigenvalue weighted by molar-refractivity contribution is -0.136. The molecule has 16 heteroatoms. The Morgan fingerprint density at radius 3 is 2.51 bits per heavy atom. The van der Waals surface area contributed by atoms with Gasteiger partial charge in [0.15, 0.2) is 5.65 Å². The lowest BCUT2D eigenvalue weighted by atomic mass is 9.91. The van der Waals surface area contributed by atoms with Crippen molar-refractivity contribution >= 4 is 57.9 Å². The van der Waals surface area contributed by atoms with Gasteiger partial charge < -0.3 is 15.5 Å². The Morgan fingerprint density at radius 2 is 1.76 bits per heavy atom. The van der Waals surface area contributed by atoms with Crippen molar-refractivity contribution in [3.05, 3.63) is 64.1 Å². The van der Waals surface area contributed by atoms with Crippen LogP contribution in [0.3, 0.4) is 0 Å². The van der Waals surface area contributed by atoms with Crippen LogP contribution in [0.1, 0.15) is 58.9 Å². The van der Waals surface area contributed by atoms with Crippen molar-refractivity contribution in [2.24, 2.45) is 5.73 Å². The number of fused-ring (bicyclic) bond motifs is 2. The third-order valence-corrected chi connectivity index (χ3v) is 10.8. The highest BCUT2D eigenvalue weighted by molar-refractivity contribution is 6.36. The zero-order valence-electron chi connectivity index (χ0n) is 27.9. The summed E-state index contributed by atoms with van der Waals surface area (Å²) in [7, 11) is 0. The van der Waals surface area contributed by atoms with Gasteiger partial charge in [-0.3, -0.25) is 39.4 Å². The molecule has 0 aliphatic carbocycles. The van der Waals surface area contributed by atoms with Gasteiger partial charge in [0.1, 0.15) is 28.9 Å². The number of nitrogens with two attached hydrogens (primary N) is 1. The topological polar surface area (TPSA) is 174 Å². The number of anilines is 2. The smallest absolute Gasteiger partial charge is 0.265 e. The van der Waals surface area contributed by atoms with Crippen LogP contribution in [0.4, 0.5) is 15.9 Å². The van der Waals surface area contributed by atoms with Crippen LogP contribution in [0.15, 0.2) is 36.5 Å². The van der Waals surface area contributed by atoms with E-state index < -0.39 is 35.5 Å². The van der Waals surface area contributed by atoms with Gasteiger partial charge in [0.2, 0.25) is 11.8 Å². The van der Waals surface area contributed by atoms with Gasteiger partial charge >= 0.3 is 0 Å². The molecule has 2 aromatic heterocycles. The molecule has 8 rings (SSSR count). The number of benzene rings is 2. The number of halogens is 2. The van der Waals surface area contributed by atoms with Crippen LogP contribution in [0.2, 0.25) is 5.02 Å². The Balaban J connectivity index is 0.943. The van der Waals surface area contributed by atoms with E-state index in [1.807, 2.05) is 18.2 Å². The van der Waals surface area contributed by atoms with E-state index in [1.165, 1.54) is 12.1 Å². The maximum absolute atomic E-state index is 15.3. The molecule has 264 valence electrons. The van der Waals surface area contributed by atoms with Crippen molar-refractivity contribution in [3.8, 4) is 11.3 Å². The van der Waals surface area contributed by atoms with E-state index in [9.17, 15) is 19.2 Å². The molecule has 0 bridgehead atoms. The molecular weight excluding hydrogens is 679 g/mol. The average molecular weight is 715 g/mol. The summed E-state index contributed by atoms with van der Waals surface area (Å²) in [5.41, 5.74) is 9.69. The van der Waals surface area contributed by atoms with Gasteiger partial charge in [-0.1, -0.05) is 23.7 Å². The minimum Gasteiger partial charge on any atom is -0.368 e. The lowest BCUT2D eigenvalue weighted by Crippen LogP contribution is -2.54. The molecule has 0 spiro atoms. The van der Waals surface area contributed by atoms with Crippen molar-refractivity contribution < 1.29 is 23.6 Å². The van der Waals surface area contributed by atoms with Crippen molar-refractivity contribution in [2.75, 3.05) is 49.1 Å². The van der Waals surface area contributed by atoms with E-state index in [-0.39, 0.29) is 29.5 Å². The van der Waals surface area contributed by atoms with Crippen molar-refractivity contribution in [1.29, 1.82) is 0 Å². The molecule has 6 heterocycles. The second-order valence-electron chi connectivity index (χ2n) is 14.0. The van der Waals surface area contributed by atoms with Gasteiger partial charge in [-0.25, -0.2) is 14.4 Å². The predicted molar refractivity (Wildman–Crippen MR) is 187 cm³/mol. The molecule has 4 N–H and O–H groups in total. The number of amides is 4. The molecule has 2 aromatic carbocycles. The van der Waals surface area contributed by atoms with Crippen LogP contribution >= 0.6 is 11.6 Å². The van der Waals surface area contributed by atoms with Crippen LogP contribution in [0.25, 0.3) is 22.4 Å². The monoisotopic (exact) mass is 714 g/mol. The zero-order chi connectivity index (χ0) is 35.6. The van der Waals surface area contributed by atoms with E-state index in [2.05, 4.69) is 37.1 Å². The fourth-order valence-corrected chi connectivity index (χ4v) is 7.76. The summed E-state index contributed by atoms with van der Waals surface area (Å²) >= 11 is 7.04. The standard InChI is InChI=1S/C35H36ClFN10O4/c1-35(38)7-9-46(10-8-35)25-17-39-30-29(42-43-31(30)40-25)20-3-2-4-23(28(20)36)45-13-11-44(12-14-45)18-19-15-21-27(22(37)16-19)34(51)47(33(21)50)24-5-6-26(48)41-32(24)49/h2-4,15-17,24H,5-14,18,38H2,1H3,(H,40,42,43)(H,41,48,49). The number of nitrogens with zero attached hydrogens (tertiary/aromatic N) is 7. The molecule has 51 heavy (non-hydrogen) atoms. The highest BCUT2D eigenvalue weighted by atomic mass is 35.5. The number of piperidine rings is 2. The number of carbonyl (C=O) groups excluding carboxylic acids is 4. The Morgan fingerprint density at radius 1 is 1.00 bits per heavy atom. The first kappa shape index (κ1) is 33.2. The molecule has 1 atom stereocenters. The van der Waals surface area contributed by atoms with E-state index in [1.54, 1.807) is 6.20 Å². The van der Waals surface area contributed by atoms with Gasteiger partial charge in [-0.05, 0) is 49.9 Å². The van der Waals surface area contributed by atoms with Crippen LogP contribution in [0, 0.1) is 5.82 Å². The lowest BCUT2D eigenvalue weighted by Gasteiger charge is -2.37. The molecule has 0 radical (unpaired) electrons. The average Bonchev–Trinajstić information content (AvgIpc) is 3.63. The number of hydrogen-bond acceptors (Lipinski definition) is 11. The molecule has 0 saturated carbocycles. The van der Waals surface area contributed by atoms with Gasteiger partial charge in [0.05, 0.1) is 28.0 Å². The number of piperazine rings is 1. The molecular formula is C35H36ClFN10O4. The summed E-state index contributed by atoms with van der Waals surface area (Å²) in [6.07, 6.45) is 3.51. The number of carbonyl (C=O) groups is 4. The molecule has 14 nitrogen and oxygen atoms in total. The van der Waals surface area contributed by atoms with E-state index >= 15 is 4.39 Å². The number of nitrogens with one attached hydrogen (secondary N) is 2. The summed E-state index contributed by atoms with van der Waals surface area (Å²) in [5, 5.41) is 10.3. The molecule has 3 saturated heterocycles. The maximum Gasteiger partial charge on any atom is 0.265 e. The third-order valence-electron chi connectivity index (χ3n) is 10.4. The summed E-state index contributed by atoms with van der Waals surface area (Å²) in [4.78, 5) is 67.1. The van der Waals surface area contributed by atoms with Crippen LogP contribution in [-0.4, -0.2) is 104 Å².